The number of benzene rings is 1. The van der Waals surface area contributed by atoms with Gasteiger partial charge in [0.1, 0.15) is 11.4 Å². The number of rotatable bonds is 6. The molecule has 0 atom stereocenters. The maximum Gasteiger partial charge on any atom is 0.306 e. The molecule has 0 aliphatic carbocycles. The van der Waals surface area contributed by atoms with Crippen LogP contribution in [0.5, 0.6) is 0 Å². The number of carbonyl (C=O) groups is 2. The highest BCUT2D eigenvalue weighted by Crippen LogP contribution is 2.24. The van der Waals surface area contributed by atoms with Gasteiger partial charge in [-0.1, -0.05) is 35.0 Å². The third-order valence-electron chi connectivity index (χ3n) is 6.34. The van der Waals surface area contributed by atoms with Gasteiger partial charge in [0.2, 0.25) is 5.95 Å². The van der Waals surface area contributed by atoms with Crippen molar-refractivity contribution in [3.63, 3.8) is 0 Å². The second kappa shape index (κ2) is 10.1. The van der Waals surface area contributed by atoms with Crippen LogP contribution in [0.2, 0.25) is 0 Å². The minimum Gasteiger partial charge on any atom is -0.481 e. The van der Waals surface area contributed by atoms with Gasteiger partial charge in [0.05, 0.1) is 35.7 Å². The van der Waals surface area contributed by atoms with Crippen molar-refractivity contribution in [2.45, 2.75) is 26.3 Å². The molecule has 0 radical (unpaired) electrons. The molecule has 5 rings (SSSR count). The highest BCUT2D eigenvalue weighted by molar-refractivity contribution is 5.92. The van der Waals surface area contributed by atoms with E-state index in [0.717, 1.165) is 11.1 Å². The predicted molar refractivity (Wildman–Crippen MR) is 135 cm³/mol. The van der Waals surface area contributed by atoms with Gasteiger partial charge >= 0.3 is 5.97 Å². The minimum atomic E-state index is -0.810. The monoisotopic (exact) mass is 498 g/mol. The van der Waals surface area contributed by atoms with Gasteiger partial charge in [-0.05, 0) is 44.0 Å². The average molecular weight is 499 g/mol. The van der Waals surface area contributed by atoms with Crippen molar-refractivity contribution < 1.29 is 14.7 Å². The van der Waals surface area contributed by atoms with Crippen LogP contribution in [-0.2, 0) is 11.3 Å². The molecule has 11 nitrogen and oxygen atoms in total. The van der Waals surface area contributed by atoms with Gasteiger partial charge in [-0.15, -0.1) is 5.10 Å². The number of hydrogen-bond acceptors (Lipinski definition) is 8. The zero-order valence-corrected chi connectivity index (χ0v) is 20.3. The lowest BCUT2D eigenvalue weighted by atomic mass is 9.97. The Morgan fingerprint density at radius 3 is 2.51 bits per heavy atom. The molecular formula is C26H26N8O3. The number of carbonyl (C=O) groups excluding carboxylic acids is 1. The average Bonchev–Trinajstić information content (AvgIpc) is 3.36. The molecule has 1 aliphatic heterocycles. The molecule has 188 valence electrons. The van der Waals surface area contributed by atoms with E-state index in [-0.39, 0.29) is 11.9 Å². The summed E-state index contributed by atoms with van der Waals surface area (Å²) in [6.45, 7) is 3.13. The van der Waals surface area contributed by atoms with Crippen molar-refractivity contribution in [2.75, 3.05) is 18.8 Å². The van der Waals surface area contributed by atoms with Gasteiger partial charge in [-0.3, -0.25) is 9.59 Å². The fourth-order valence-corrected chi connectivity index (χ4v) is 4.39. The molecular weight excluding hydrogens is 472 g/mol. The Hall–Kier alpha value is -4.67. The Bertz CT molecular complexity index is 1460. The van der Waals surface area contributed by atoms with Gasteiger partial charge in [-0.2, -0.15) is 0 Å². The molecule has 4 heterocycles. The summed E-state index contributed by atoms with van der Waals surface area (Å²) in [6, 6.07) is 15.0. The van der Waals surface area contributed by atoms with E-state index < -0.39 is 11.9 Å². The van der Waals surface area contributed by atoms with Gasteiger partial charge in [0, 0.05) is 18.7 Å². The van der Waals surface area contributed by atoms with Crippen LogP contribution >= 0.6 is 0 Å². The largest absolute Gasteiger partial charge is 0.481 e. The molecule has 0 saturated carbocycles. The van der Waals surface area contributed by atoms with Crippen LogP contribution in [0.15, 0.2) is 54.7 Å². The van der Waals surface area contributed by atoms with Gasteiger partial charge < -0.3 is 15.7 Å². The van der Waals surface area contributed by atoms with E-state index in [4.69, 9.17) is 5.73 Å². The van der Waals surface area contributed by atoms with Crippen LogP contribution in [0, 0.1) is 12.8 Å². The van der Waals surface area contributed by atoms with Crippen molar-refractivity contribution in [1.29, 1.82) is 0 Å². The maximum absolute atomic E-state index is 12.9. The number of hydrogen-bond donors (Lipinski definition) is 2. The molecule has 3 aromatic heterocycles. The number of amides is 1. The van der Waals surface area contributed by atoms with E-state index in [1.54, 1.807) is 27.9 Å². The third-order valence-corrected chi connectivity index (χ3v) is 6.34. The SMILES string of the molecule is Cc1cccc(-c2cc(-c3cn(Cc4cccc(C(=O)N5CCC(C(=O)O)CC5)n4)nn3)nc(N)n2)c1. The number of carboxylic acids is 1. The number of carboxylic acid groups (broad SMARTS) is 1. The number of pyridine rings is 1. The summed E-state index contributed by atoms with van der Waals surface area (Å²) in [5, 5.41) is 17.6. The molecule has 1 aromatic carbocycles. The summed E-state index contributed by atoms with van der Waals surface area (Å²) in [7, 11) is 0. The molecule has 0 bridgehead atoms. The quantitative estimate of drug-likeness (QED) is 0.408. The molecule has 0 unspecified atom stereocenters. The summed E-state index contributed by atoms with van der Waals surface area (Å²) in [4.78, 5) is 39.0. The van der Waals surface area contributed by atoms with Crippen molar-refractivity contribution in [3.8, 4) is 22.6 Å². The molecule has 0 spiro atoms. The second-order valence-corrected chi connectivity index (χ2v) is 9.09. The van der Waals surface area contributed by atoms with Crippen LogP contribution in [0.3, 0.4) is 0 Å². The summed E-state index contributed by atoms with van der Waals surface area (Å²) < 4.78 is 1.62. The van der Waals surface area contributed by atoms with Crippen LogP contribution in [-0.4, -0.2) is 64.9 Å². The normalized spacial score (nSPS) is 14.0. The summed E-state index contributed by atoms with van der Waals surface area (Å²) in [6.07, 6.45) is 2.64. The summed E-state index contributed by atoms with van der Waals surface area (Å²) in [5.41, 5.74) is 10.8. The lowest BCUT2D eigenvalue weighted by molar-refractivity contribution is -0.143. The van der Waals surface area contributed by atoms with Crippen LogP contribution in [0.25, 0.3) is 22.6 Å². The van der Waals surface area contributed by atoms with Crippen LogP contribution in [0.1, 0.15) is 34.6 Å². The van der Waals surface area contributed by atoms with Crippen molar-refractivity contribution >= 4 is 17.8 Å². The maximum atomic E-state index is 12.9. The summed E-state index contributed by atoms with van der Waals surface area (Å²) >= 11 is 0. The smallest absolute Gasteiger partial charge is 0.306 e. The van der Waals surface area contributed by atoms with Crippen molar-refractivity contribution in [3.05, 3.63) is 71.7 Å². The fraction of sp³-hybridized carbons (Fsp3) is 0.269. The Morgan fingerprint density at radius 2 is 1.76 bits per heavy atom. The van der Waals surface area contributed by atoms with Crippen LogP contribution in [0.4, 0.5) is 5.95 Å². The first-order valence-corrected chi connectivity index (χ1v) is 12.0. The topological polar surface area (TPSA) is 153 Å². The standard InChI is InChI=1S/C26H26N8O3/c1-16-4-2-5-18(12-16)21-13-22(30-26(27)29-21)23-15-34(32-31-23)14-19-6-3-7-20(28-19)24(35)33-10-8-17(9-11-33)25(36)37/h2-7,12-13,15,17H,8-11,14H2,1H3,(H,36,37)(H2,27,29,30). The minimum absolute atomic E-state index is 0.142. The Balaban J connectivity index is 1.31. The Morgan fingerprint density at radius 1 is 1.00 bits per heavy atom. The Kier molecular flexibility index (Phi) is 6.59. The third kappa shape index (κ3) is 5.45. The predicted octanol–water partition coefficient (Wildman–Crippen LogP) is 2.67. The lowest BCUT2D eigenvalue weighted by Gasteiger charge is -2.29. The first kappa shape index (κ1) is 24.0. The molecule has 3 N–H and O–H groups in total. The van der Waals surface area contributed by atoms with E-state index in [2.05, 4.69) is 25.3 Å². The van der Waals surface area contributed by atoms with E-state index >= 15 is 0 Å². The number of nitrogens with zero attached hydrogens (tertiary/aromatic N) is 7. The molecule has 4 aromatic rings. The zero-order valence-electron chi connectivity index (χ0n) is 20.3. The number of aromatic nitrogens is 6. The Labute approximate surface area is 213 Å². The first-order chi connectivity index (χ1) is 17.9. The van der Waals surface area contributed by atoms with E-state index in [9.17, 15) is 14.7 Å². The first-order valence-electron chi connectivity index (χ1n) is 12.0. The van der Waals surface area contributed by atoms with E-state index in [1.807, 2.05) is 43.3 Å². The molecule has 1 fully saturated rings. The number of aryl methyl sites for hydroxylation is 1. The highest BCUT2D eigenvalue weighted by atomic mass is 16.4. The molecule has 1 saturated heterocycles. The number of anilines is 1. The van der Waals surface area contributed by atoms with Gasteiger partial charge in [0.25, 0.3) is 5.91 Å². The molecule has 37 heavy (non-hydrogen) atoms. The van der Waals surface area contributed by atoms with E-state index in [0.29, 0.717) is 60.9 Å². The zero-order chi connectivity index (χ0) is 25.9. The van der Waals surface area contributed by atoms with Crippen molar-refractivity contribution in [2.24, 2.45) is 5.92 Å². The van der Waals surface area contributed by atoms with Crippen LogP contribution < -0.4 is 5.73 Å². The number of piperidine rings is 1. The number of nitrogen functional groups attached to an aromatic ring is 1. The molecule has 11 heteroatoms. The van der Waals surface area contributed by atoms with Gasteiger partial charge in [-0.25, -0.2) is 19.6 Å². The number of aliphatic carboxylic acids is 1. The highest BCUT2D eigenvalue weighted by Gasteiger charge is 2.28. The van der Waals surface area contributed by atoms with E-state index in [1.165, 1.54) is 0 Å². The number of likely N-dealkylation sites (tertiary alicyclic amines) is 1. The van der Waals surface area contributed by atoms with Crippen molar-refractivity contribution in [1.82, 2.24) is 34.8 Å². The number of nitrogens with two attached hydrogens (primary N) is 1. The molecule has 1 amide bonds. The fourth-order valence-electron chi connectivity index (χ4n) is 4.39. The van der Waals surface area contributed by atoms with Gasteiger partial charge in [0.15, 0.2) is 0 Å². The second-order valence-electron chi connectivity index (χ2n) is 9.09. The summed E-state index contributed by atoms with van der Waals surface area (Å²) in [5.74, 6) is -1.27. The lowest BCUT2D eigenvalue weighted by Crippen LogP contribution is -2.40. The molecule has 1 aliphatic rings.